The molecule has 4 aromatic rings. The van der Waals surface area contributed by atoms with Crippen LogP contribution in [-0.2, 0) is 13.5 Å². The summed E-state index contributed by atoms with van der Waals surface area (Å²) in [5.41, 5.74) is 3.09. The van der Waals surface area contributed by atoms with Crippen molar-refractivity contribution in [3.63, 3.8) is 0 Å². The molecule has 0 radical (unpaired) electrons. The van der Waals surface area contributed by atoms with Crippen molar-refractivity contribution in [3.8, 4) is 0 Å². The van der Waals surface area contributed by atoms with Crippen LogP contribution in [0.2, 0.25) is 0 Å². The molecule has 1 aliphatic heterocycles. The van der Waals surface area contributed by atoms with E-state index in [1.807, 2.05) is 0 Å². The first-order valence-electron chi connectivity index (χ1n) is 10.1. The SMILES string of the molecule is Cn1ncnc1[C@@H]1c2n[nH]c(=O)c3cc4c(c(c23)N[C@H]1c1ccc(F)cc1)C(F)CC4. The summed E-state index contributed by atoms with van der Waals surface area (Å²) in [6.45, 7) is 0. The van der Waals surface area contributed by atoms with Crippen molar-refractivity contribution < 1.29 is 8.78 Å². The first-order chi connectivity index (χ1) is 15.0. The van der Waals surface area contributed by atoms with E-state index in [9.17, 15) is 13.6 Å². The Hall–Kier alpha value is -3.62. The lowest BCUT2D eigenvalue weighted by Crippen LogP contribution is -2.30. The van der Waals surface area contributed by atoms with E-state index in [1.165, 1.54) is 18.5 Å². The predicted octanol–water partition coefficient (Wildman–Crippen LogP) is 3.45. The van der Waals surface area contributed by atoms with Crippen molar-refractivity contribution in [3.05, 3.63) is 81.0 Å². The van der Waals surface area contributed by atoms with Crippen LogP contribution in [0.3, 0.4) is 0 Å². The van der Waals surface area contributed by atoms with Crippen molar-refractivity contribution >= 4 is 16.5 Å². The second kappa shape index (κ2) is 6.44. The zero-order chi connectivity index (χ0) is 21.3. The quantitative estimate of drug-likeness (QED) is 0.519. The molecule has 156 valence electrons. The molecule has 0 saturated heterocycles. The molecule has 7 nitrogen and oxygen atoms in total. The molecule has 0 saturated carbocycles. The second-order valence-electron chi connectivity index (χ2n) is 8.08. The van der Waals surface area contributed by atoms with Crippen LogP contribution in [0.15, 0.2) is 41.5 Å². The Bertz CT molecular complexity index is 1390. The Kier molecular flexibility index (Phi) is 3.77. The van der Waals surface area contributed by atoms with Crippen molar-refractivity contribution in [2.45, 2.75) is 31.0 Å². The molecule has 6 rings (SSSR count). The monoisotopic (exact) mass is 420 g/mol. The molecule has 31 heavy (non-hydrogen) atoms. The average molecular weight is 420 g/mol. The van der Waals surface area contributed by atoms with Gasteiger partial charge in [-0.05, 0) is 42.2 Å². The summed E-state index contributed by atoms with van der Waals surface area (Å²) in [4.78, 5) is 17.1. The number of anilines is 1. The van der Waals surface area contributed by atoms with Gasteiger partial charge in [0.05, 0.1) is 28.7 Å². The van der Waals surface area contributed by atoms with Gasteiger partial charge in [0, 0.05) is 18.0 Å². The number of fused-ring (bicyclic) bond motifs is 2. The minimum absolute atomic E-state index is 0.316. The third-order valence-electron chi connectivity index (χ3n) is 6.39. The summed E-state index contributed by atoms with van der Waals surface area (Å²) in [6.07, 6.45) is 1.30. The third-order valence-corrected chi connectivity index (χ3v) is 6.39. The van der Waals surface area contributed by atoms with Crippen LogP contribution < -0.4 is 10.9 Å². The van der Waals surface area contributed by atoms with Crippen LogP contribution in [0, 0.1) is 5.82 Å². The van der Waals surface area contributed by atoms with Gasteiger partial charge < -0.3 is 5.32 Å². The number of nitrogens with one attached hydrogen (secondary N) is 2. The highest BCUT2D eigenvalue weighted by molar-refractivity contribution is 6.00. The summed E-state index contributed by atoms with van der Waals surface area (Å²) >= 11 is 0. The number of hydrogen-bond acceptors (Lipinski definition) is 5. The number of hydrogen-bond donors (Lipinski definition) is 2. The van der Waals surface area contributed by atoms with Crippen molar-refractivity contribution in [1.29, 1.82) is 0 Å². The van der Waals surface area contributed by atoms with E-state index in [1.54, 1.807) is 29.9 Å². The first kappa shape index (κ1) is 18.2. The molecule has 1 unspecified atom stereocenters. The number of H-pyrrole nitrogens is 1. The molecule has 0 amide bonds. The average Bonchev–Trinajstić information content (AvgIpc) is 3.36. The molecule has 2 N–H and O–H groups in total. The van der Waals surface area contributed by atoms with Gasteiger partial charge in [0.2, 0.25) is 0 Å². The Balaban J connectivity index is 1.69. The smallest absolute Gasteiger partial charge is 0.272 e. The molecule has 3 heterocycles. The number of benzene rings is 2. The number of aryl methyl sites for hydroxylation is 2. The lowest BCUT2D eigenvalue weighted by molar-refractivity contribution is 0.344. The van der Waals surface area contributed by atoms with Crippen molar-refractivity contribution in [2.75, 3.05) is 5.32 Å². The molecular formula is C22H18F2N6O. The molecule has 1 aliphatic carbocycles. The minimum atomic E-state index is -1.12. The fourth-order valence-corrected chi connectivity index (χ4v) is 4.99. The highest BCUT2D eigenvalue weighted by Gasteiger charge is 2.40. The summed E-state index contributed by atoms with van der Waals surface area (Å²) in [7, 11) is 1.78. The van der Waals surface area contributed by atoms with Crippen molar-refractivity contribution in [1.82, 2.24) is 25.0 Å². The summed E-state index contributed by atoms with van der Waals surface area (Å²) in [5.74, 6) is -0.141. The van der Waals surface area contributed by atoms with Crippen molar-refractivity contribution in [2.24, 2.45) is 7.05 Å². The third kappa shape index (κ3) is 2.55. The highest BCUT2D eigenvalue weighted by Crippen LogP contribution is 2.51. The maximum atomic E-state index is 14.9. The van der Waals surface area contributed by atoms with E-state index in [2.05, 4.69) is 25.6 Å². The summed E-state index contributed by atoms with van der Waals surface area (Å²) in [6, 6.07) is 7.55. The zero-order valence-corrected chi connectivity index (χ0v) is 16.6. The van der Waals surface area contributed by atoms with E-state index in [-0.39, 0.29) is 11.4 Å². The Morgan fingerprint density at radius 1 is 1.23 bits per heavy atom. The molecule has 0 bridgehead atoms. The summed E-state index contributed by atoms with van der Waals surface area (Å²) in [5, 5.41) is 15.8. The van der Waals surface area contributed by atoms with Gasteiger partial charge in [-0.3, -0.25) is 9.48 Å². The van der Waals surface area contributed by atoms with E-state index >= 15 is 0 Å². The predicted molar refractivity (Wildman–Crippen MR) is 110 cm³/mol. The van der Waals surface area contributed by atoms with E-state index < -0.39 is 18.1 Å². The van der Waals surface area contributed by atoms with Gasteiger partial charge in [0.15, 0.2) is 0 Å². The Morgan fingerprint density at radius 3 is 2.77 bits per heavy atom. The normalized spacial score (nSPS) is 21.8. The number of nitrogens with zero attached hydrogens (tertiary/aromatic N) is 4. The van der Waals surface area contributed by atoms with Crippen LogP contribution >= 0.6 is 0 Å². The minimum Gasteiger partial charge on any atom is -0.376 e. The van der Waals surface area contributed by atoms with Gasteiger partial charge in [-0.2, -0.15) is 10.2 Å². The molecule has 2 aliphatic rings. The number of halogens is 2. The van der Waals surface area contributed by atoms with Crippen LogP contribution in [0.4, 0.5) is 14.5 Å². The summed E-state index contributed by atoms with van der Waals surface area (Å²) < 4.78 is 30.2. The number of alkyl halides is 1. The molecule has 9 heteroatoms. The topological polar surface area (TPSA) is 88.5 Å². The maximum absolute atomic E-state index is 14.9. The van der Waals surface area contributed by atoms with Gasteiger partial charge in [-0.1, -0.05) is 12.1 Å². The molecule has 0 spiro atoms. The van der Waals surface area contributed by atoms with E-state index in [0.29, 0.717) is 46.4 Å². The molecular weight excluding hydrogens is 402 g/mol. The second-order valence-corrected chi connectivity index (χ2v) is 8.08. The maximum Gasteiger partial charge on any atom is 0.272 e. The standard InChI is InChI=1S/C22H18F2N6O/c1-30-21(25-9-26-30)17-18(10-2-5-12(23)6-3-10)27-19-15-11(4-7-14(15)24)8-13-16(19)20(17)28-29-22(13)31/h2-3,5-6,8-9,14,17-18,27H,4,7H2,1H3,(H,29,31)/t14?,17-,18-/m0/s1. The van der Waals surface area contributed by atoms with Gasteiger partial charge in [-0.25, -0.2) is 18.9 Å². The first-order valence-corrected chi connectivity index (χ1v) is 10.1. The van der Waals surface area contributed by atoms with E-state index in [0.717, 1.165) is 11.1 Å². The van der Waals surface area contributed by atoms with Crippen LogP contribution in [0.5, 0.6) is 0 Å². The largest absolute Gasteiger partial charge is 0.376 e. The Labute approximate surface area is 175 Å². The fraction of sp³-hybridized carbons (Fsp3) is 0.273. The fourth-order valence-electron chi connectivity index (χ4n) is 4.99. The molecule has 3 atom stereocenters. The lowest BCUT2D eigenvalue weighted by atomic mass is 9.82. The van der Waals surface area contributed by atoms with Crippen LogP contribution in [-0.4, -0.2) is 25.0 Å². The van der Waals surface area contributed by atoms with E-state index in [4.69, 9.17) is 0 Å². The number of rotatable bonds is 2. The Morgan fingerprint density at radius 2 is 2.03 bits per heavy atom. The molecule has 2 aromatic heterocycles. The molecule has 0 fully saturated rings. The highest BCUT2D eigenvalue weighted by atomic mass is 19.1. The van der Waals surface area contributed by atoms with Gasteiger partial charge in [-0.15, -0.1) is 0 Å². The van der Waals surface area contributed by atoms with Gasteiger partial charge in [0.1, 0.15) is 24.1 Å². The van der Waals surface area contributed by atoms with Crippen LogP contribution in [0.1, 0.15) is 52.8 Å². The zero-order valence-electron chi connectivity index (χ0n) is 16.6. The molecule has 2 aromatic carbocycles. The van der Waals surface area contributed by atoms with Gasteiger partial charge >= 0.3 is 0 Å². The lowest BCUT2D eigenvalue weighted by Gasteiger charge is -2.35. The van der Waals surface area contributed by atoms with Gasteiger partial charge in [0.25, 0.3) is 5.56 Å². The van der Waals surface area contributed by atoms with Crippen LogP contribution in [0.25, 0.3) is 10.8 Å². The number of aromatic amines is 1. The number of aromatic nitrogens is 5.